The number of nitrogens with one attached hydrogen (secondary N) is 1. The Hall–Kier alpha value is -1.26. The summed E-state index contributed by atoms with van der Waals surface area (Å²) >= 11 is 3.51. The minimum Gasteiger partial charge on any atom is -0.349 e. The van der Waals surface area contributed by atoms with Crippen LogP contribution in [0.15, 0.2) is 46.7 Å². The predicted octanol–water partition coefficient (Wildman–Crippen LogP) is 5.49. The third-order valence-electron chi connectivity index (χ3n) is 4.27. The standard InChI is InChI=1S/C19H23NOS2/c21-19(20-15-8-3-1-2-4-9-15)17-11-5-6-12-18(17)23-14-16-10-7-13-22-16/h5-7,10-13,15H,1-4,8-9,14H2,(H,20,21). The first-order valence-electron chi connectivity index (χ1n) is 8.38. The lowest BCUT2D eigenvalue weighted by Crippen LogP contribution is -2.34. The van der Waals surface area contributed by atoms with E-state index in [1.165, 1.54) is 30.6 Å². The molecule has 1 aliphatic rings. The number of rotatable bonds is 5. The third-order valence-corrected chi connectivity index (χ3v) is 6.45. The number of amides is 1. The normalized spacial score (nSPS) is 16.0. The molecule has 1 aromatic carbocycles. The Balaban J connectivity index is 1.64. The average molecular weight is 346 g/mol. The predicted molar refractivity (Wildman–Crippen MR) is 99.3 cm³/mol. The fourth-order valence-electron chi connectivity index (χ4n) is 3.01. The second-order valence-electron chi connectivity index (χ2n) is 6.03. The molecule has 1 aliphatic carbocycles. The van der Waals surface area contributed by atoms with Crippen LogP contribution in [0.1, 0.15) is 53.8 Å². The van der Waals surface area contributed by atoms with Crippen LogP contribution in [0.5, 0.6) is 0 Å². The molecule has 23 heavy (non-hydrogen) atoms. The maximum Gasteiger partial charge on any atom is 0.252 e. The highest BCUT2D eigenvalue weighted by Gasteiger charge is 2.17. The van der Waals surface area contributed by atoms with Gasteiger partial charge < -0.3 is 5.32 Å². The third kappa shape index (κ3) is 4.85. The minimum absolute atomic E-state index is 0.0891. The van der Waals surface area contributed by atoms with E-state index in [4.69, 9.17) is 0 Å². The molecule has 1 heterocycles. The van der Waals surface area contributed by atoms with E-state index in [9.17, 15) is 4.79 Å². The fourth-order valence-corrected chi connectivity index (χ4v) is 4.83. The Morgan fingerprint density at radius 1 is 1.09 bits per heavy atom. The van der Waals surface area contributed by atoms with Gasteiger partial charge in [-0.3, -0.25) is 4.79 Å². The van der Waals surface area contributed by atoms with Crippen molar-refractivity contribution < 1.29 is 4.79 Å². The molecule has 0 atom stereocenters. The Morgan fingerprint density at radius 2 is 1.87 bits per heavy atom. The van der Waals surface area contributed by atoms with E-state index in [2.05, 4.69) is 28.9 Å². The van der Waals surface area contributed by atoms with Crippen molar-refractivity contribution in [3.05, 3.63) is 52.2 Å². The molecule has 2 aromatic rings. The molecule has 1 fully saturated rings. The molecule has 0 aliphatic heterocycles. The van der Waals surface area contributed by atoms with Gasteiger partial charge in [-0.25, -0.2) is 0 Å². The lowest BCUT2D eigenvalue weighted by atomic mass is 10.1. The zero-order valence-corrected chi connectivity index (χ0v) is 14.9. The molecule has 1 aromatic heterocycles. The zero-order valence-electron chi connectivity index (χ0n) is 13.3. The van der Waals surface area contributed by atoms with E-state index in [1.54, 1.807) is 23.1 Å². The van der Waals surface area contributed by atoms with Crippen LogP contribution >= 0.6 is 23.1 Å². The van der Waals surface area contributed by atoms with E-state index in [0.29, 0.717) is 6.04 Å². The maximum atomic E-state index is 12.7. The van der Waals surface area contributed by atoms with Gasteiger partial charge in [-0.2, -0.15) is 0 Å². The van der Waals surface area contributed by atoms with Gasteiger partial charge in [0.2, 0.25) is 0 Å². The van der Waals surface area contributed by atoms with Crippen molar-refractivity contribution in [2.24, 2.45) is 0 Å². The summed E-state index contributed by atoms with van der Waals surface area (Å²) in [6.07, 6.45) is 7.32. The van der Waals surface area contributed by atoms with Crippen LogP contribution in [0.3, 0.4) is 0 Å². The first-order valence-corrected chi connectivity index (χ1v) is 10.2. The van der Waals surface area contributed by atoms with Crippen LogP contribution in [-0.4, -0.2) is 11.9 Å². The summed E-state index contributed by atoms with van der Waals surface area (Å²) in [5, 5.41) is 5.36. The highest BCUT2D eigenvalue weighted by molar-refractivity contribution is 7.98. The average Bonchev–Trinajstić information content (AvgIpc) is 2.97. The molecule has 0 saturated heterocycles. The van der Waals surface area contributed by atoms with Crippen molar-refractivity contribution in [3.8, 4) is 0 Å². The molecule has 0 unspecified atom stereocenters. The van der Waals surface area contributed by atoms with Gasteiger partial charge in [0.15, 0.2) is 0 Å². The molecule has 2 nitrogen and oxygen atoms in total. The number of thiophene rings is 1. The first kappa shape index (κ1) is 16.6. The Labute approximate surface area is 146 Å². The number of benzene rings is 1. The molecule has 1 N–H and O–H groups in total. The van der Waals surface area contributed by atoms with Crippen molar-refractivity contribution in [2.75, 3.05) is 0 Å². The molecule has 0 bridgehead atoms. The van der Waals surface area contributed by atoms with Crippen LogP contribution in [0.2, 0.25) is 0 Å². The Bertz CT molecular complexity index is 616. The number of carbonyl (C=O) groups is 1. The Morgan fingerprint density at radius 3 is 2.61 bits per heavy atom. The second-order valence-corrected chi connectivity index (χ2v) is 8.08. The van der Waals surface area contributed by atoms with Crippen LogP contribution in [0.4, 0.5) is 0 Å². The molecule has 122 valence electrons. The number of hydrogen-bond donors (Lipinski definition) is 1. The summed E-state index contributed by atoms with van der Waals surface area (Å²) < 4.78 is 0. The van der Waals surface area contributed by atoms with Gasteiger partial charge in [0.25, 0.3) is 5.91 Å². The molecule has 1 saturated carbocycles. The highest BCUT2D eigenvalue weighted by Crippen LogP contribution is 2.28. The number of thioether (sulfide) groups is 1. The topological polar surface area (TPSA) is 29.1 Å². The molecular formula is C19H23NOS2. The molecular weight excluding hydrogens is 322 g/mol. The maximum absolute atomic E-state index is 12.7. The molecule has 0 spiro atoms. The van der Waals surface area contributed by atoms with Gasteiger partial charge >= 0.3 is 0 Å². The summed E-state index contributed by atoms with van der Waals surface area (Å²) in [6, 6.07) is 12.5. The minimum atomic E-state index is 0.0891. The van der Waals surface area contributed by atoms with E-state index < -0.39 is 0 Å². The van der Waals surface area contributed by atoms with Crippen molar-refractivity contribution in [3.63, 3.8) is 0 Å². The summed E-state index contributed by atoms with van der Waals surface area (Å²) in [6.45, 7) is 0. The highest BCUT2D eigenvalue weighted by atomic mass is 32.2. The van der Waals surface area contributed by atoms with Gasteiger partial charge in [-0.15, -0.1) is 23.1 Å². The van der Waals surface area contributed by atoms with Crippen molar-refractivity contribution in [1.82, 2.24) is 5.32 Å². The van der Waals surface area contributed by atoms with Gasteiger partial charge in [0.1, 0.15) is 0 Å². The molecule has 3 rings (SSSR count). The number of hydrogen-bond acceptors (Lipinski definition) is 3. The van der Waals surface area contributed by atoms with Gasteiger partial charge in [-0.1, -0.05) is 43.9 Å². The summed E-state index contributed by atoms with van der Waals surface area (Å²) in [5.74, 6) is 1.01. The monoisotopic (exact) mass is 345 g/mol. The van der Waals surface area contributed by atoms with E-state index in [0.717, 1.165) is 29.1 Å². The van der Waals surface area contributed by atoms with Gasteiger partial charge in [0.05, 0.1) is 5.56 Å². The zero-order chi connectivity index (χ0) is 15.9. The summed E-state index contributed by atoms with van der Waals surface area (Å²) in [7, 11) is 0. The van der Waals surface area contributed by atoms with Gasteiger partial charge in [0, 0.05) is 21.6 Å². The van der Waals surface area contributed by atoms with Crippen molar-refractivity contribution in [2.45, 2.75) is 55.2 Å². The van der Waals surface area contributed by atoms with Crippen molar-refractivity contribution >= 4 is 29.0 Å². The smallest absolute Gasteiger partial charge is 0.252 e. The van der Waals surface area contributed by atoms with Crippen LogP contribution < -0.4 is 5.32 Å². The van der Waals surface area contributed by atoms with E-state index in [1.807, 2.05) is 18.2 Å². The van der Waals surface area contributed by atoms with Crippen LogP contribution in [0.25, 0.3) is 0 Å². The fraction of sp³-hybridized carbons (Fsp3) is 0.421. The van der Waals surface area contributed by atoms with E-state index in [-0.39, 0.29) is 5.91 Å². The van der Waals surface area contributed by atoms with Crippen LogP contribution in [0, 0.1) is 0 Å². The second kappa shape index (κ2) is 8.55. The van der Waals surface area contributed by atoms with Crippen LogP contribution in [-0.2, 0) is 5.75 Å². The van der Waals surface area contributed by atoms with Crippen molar-refractivity contribution in [1.29, 1.82) is 0 Å². The first-order chi connectivity index (χ1) is 11.3. The summed E-state index contributed by atoms with van der Waals surface area (Å²) in [4.78, 5) is 15.1. The lowest BCUT2D eigenvalue weighted by molar-refractivity contribution is 0.0930. The summed E-state index contributed by atoms with van der Waals surface area (Å²) in [5.41, 5.74) is 0.818. The SMILES string of the molecule is O=C(NC1CCCCCC1)c1ccccc1SCc1cccs1. The largest absolute Gasteiger partial charge is 0.349 e. The molecule has 0 radical (unpaired) electrons. The quantitative estimate of drug-likeness (QED) is 0.573. The number of carbonyl (C=O) groups excluding carboxylic acids is 1. The molecule has 4 heteroatoms. The van der Waals surface area contributed by atoms with E-state index >= 15 is 0 Å². The molecule has 1 amide bonds. The lowest BCUT2D eigenvalue weighted by Gasteiger charge is -2.17. The van der Waals surface area contributed by atoms with Gasteiger partial charge in [-0.05, 0) is 36.4 Å². The Kier molecular flexibility index (Phi) is 6.17.